The number of aliphatic hydroxyl groups excluding tert-OH is 1. The number of pyridine rings is 1. The van der Waals surface area contributed by atoms with Crippen LogP contribution in [0.5, 0.6) is 0 Å². The fraction of sp³-hybridized carbons (Fsp3) is 0.538. The van der Waals surface area contributed by atoms with Crippen LogP contribution in [0.25, 0.3) is 5.65 Å². The summed E-state index contributed by atoms with van der Waals surface area (Å²) in [5.41, 5.74) is 0.520. The van der Waals surface area contributed by atoms with E-state index in [1.54, 1.807) is 11.8 Å². The van der Waals surface area contributed by atoms with E-state index in [1.807, 2.05) is 35.7 Å². The maximum atomic E-state index is 9.56. The first kappa shape index (κ1) is 14.3. The second-order valence-electron chi connectivity index (χ2n) is 5.22. The molecule has 0 aliphatic rings. The number of aliphatic hydroxyl groups is 1. The van der Waals surface area contributed by atoms with Crippen molar-refractivity contribution >= 4 is 17.4 Å². The monoisotopic (exact) mass is 280 g/mol. The summed E-state index contributed by atoms with van der Waals surface area (Å²) in [7, 11) is 0. The Labute approximate surface area is 117 Å². The lowest BCUT2D eigenvalue weighted by Crippen LogP contribution is -2.51. The summed E-state index contributed by atoms with van der Waals surface area (Å²) in [4.78, 5) is 0. The van der Waals surface area contributed by atoms with Crippen molar-refractivity contribution in [1.82, 2.24) is 19.9 Å². The Kier molecular flexibility index (Phi) is 4.44. The van der Waals surface area contributed by atoms with Gasteiger partial charge in [-0.15, -0.1) is 10.2 Å². The summed E-state index contributed by atoms with van der Waals surface area (Å²) in [6.07, 6.45) is 1.95. The van der Waals surface area contributed by atoms with E-state index < -0.39 is 0 Å². The summed E-state index contributed by atoms with van der Waals surface area (Å²) >= 11 is 1.60. The lowest BCUT2D eigenvalue weighted by molar-refractivity contribution is 0.183. The minimum atomic E-state index is -0.320. The Morgan fingerprint density at radius 2 is 2.21 bits per heavy atom. The van der Waals surface area contributed by atoms with Gasteiger partial charge in [-0.1, -0.05) is 31.7 Å². The molecule has 0 aliphatic heterocycles. The van der Waals surface area contributed by atoms with Gasteiger partial charge in [0.05, 0.1) is 6.61 Å². The highest BCUT2D eigenvalue weighted by molar-refractivity contribution is 7.99. The molecule has 0 saturated carbocycles. The number of nitrogens with zero attached hydrogens (tertiary/aromatic N) is 3. The second kappa shape index (κ2) is 5.90. The van der Waals surface area contributed by atoms with E-state index in [9.17, 15) is 5.11 Å². The van der Waals surface area contributed by atoms with Gasteiger partial charge >= 0.3 is 0 Å². The predicted molar refractivity (Wildman–Crippen MR) is 77.5 cm³/mol. The molecule has 0 aliphatic carbocycles. The predicted octanol–water partition coefficient (Wildman–Crippen LogP) is 1.57. The van der Waals surface area contributed by atoms with Crippen LogP contribution in [0, 0.1) is 0 Å². The summed E-state index contributed by atoms with van der Waals surface area (Å²) in [6, 6.07) is 6.15. The number of hydrogen-bond donors (Lipinski definition) is 2. The van der Waals surface area contributed by atoms with Gasteiger partial charge < -0.3 is 10.4 Å². The standard InChI is InChI=1S/C13H20N4OS/c1-10(2)14-13(3,8-18)9-19-12-16-15-11-6-4-5-7-17(11)12/h4-7,10,14,18H,8-9H2,1-3H3. The Morgan fingerprint density at radius 1 is 1.42 bits per heavy atom. The number of rotatable bonds is 6. The lowest BCUT2D eigenvalue weighted by atomic mass is 10.1. The van der Waals surface area contributed by atoms with Gasteiger partial charge in [-0.2, -0.15) is 0 Å². The number of hydrogen-bond acceptors (Lipinski definition) is 5. The van der Waals surface area contributed by atoms with E-state index in [4.69, 9.17) is 0 Å². The van der Waals surface area contributed by atoms with Crippen LogP contribution >= 0.6 is 11.8 Å². The highest BCUT2D eigenvalue weighted by Gasteiger charge is 2.25. The van der Waals surface area contributed by atoms with Crippen molar-refractivity contribution in [2.45, 2.75) is 37.5 Å². The van der Waals surface area contributed by atoms with Crippen LogP contribution in [0.4, 0.5) is 0 Å². The first-order valence-corrected chi connectivity index (χ1v) is 7.34. The van der Waals surface area contributed by atoms with Crippen LogP contribution in [0.3, 0.4) is 0 Å². The molecule has 0 spiro atoms. The molecule has 0 saturated heterocycles. The molecular formula is C13H20N4OS. The average Bonchev–Trinajstić information content (AvgIpc) is 2.79. The normalized spacial score (nSPS) is 15.0. The van der Waals surface area contributed by atoms with Crippen LogP contribution in [0.15, 0.2) is 29.6 Å². The van der Waals surface area contributed by atoms with E-state index in [0.29, 0.717) is 6.04 Å². The molecule has 2 aromatic heterocycles. The Hall–Kier alpha value is -1.11. The van der Waals surface area contributed by atoms with Gasteiger partial charge in [0.25, 0.3) is 0 Å². The molecule has 1 unspecified atom stereocenters. The first-order chi connectivity index (χ1) is 9.04. The molecule has 104 valence electrons. The molecule has 0 aromatic carbocycles. The first-order valence-electron chi connectivity index (χ1n) is 6.35. The van der Waals surface area contributed by atoms with Gasteiger partial charge in [-0.25, -0.2) is 0 Å². The van der Waals surface area contributed by atoms with E-state index in [-0.39, 0.29) is 12.1 Å². The zero-order valence-electron chi connectivity index (χ0n) is 11.5. The van der Waals surface area contributed by atoms with Crippen LogP contribution in [-0.2, 0) is 0 Å². The molecule has 5 nitrogen and oxygen atoms in total. The van der Waals surface area contributed by atoms with Crippen molar-refractivity contribution in [3.05, 3.63) is 24.4 Å². The Balaban J connectivity index is 2.09. The third-order valence-electron chi connectivity index (χ3n) is 2.79. The maximum absolute atomic E-state index is 9.56. The largest absolute Gasteiger partial charge is 0.394 e. The molecular weight excluding hydrogens is 260 g/mol. The van der Waals surface area contributed by atoms with Crippen LogP contribution < -0.4 is 5.32 Å². The molecule has 6 heteroatoms. The summed E-state index contributed by atoms with van der Waals surface area (Å²) in [5, 5.41) is 22.1. The van der Waals surface area contributed by atoms with Crippen molar-refractivity contribution in [3.8, 4) is 0 Å². The number of nitrogens with one attached hydrogen (secondary N) is 1. The third kappa shape index (κ3) is 3.46. The minimum Gasteiger partial charge on any atom is -0.394 e. The Bertz CT molecular complexity index is 542. The van der Waals surface area contributed by atoms with Crippen molar-refractivity contribution in [3.63, 3.8) is 0 Å². The highest BCUT2D eigenvalue weighted by Crippen LogP contribution is 2.21. The van der Waals surface area contributed by atoms with Crippen LogP contribution in [0.2, 0.25) is 0 Å². The second-order valence-corrected chi connectivity index (χ2v) is 6.16. The zero-order valence-corrected chi connectivity index (χ0v) is 12.3. The van der Waals surface area contributed by atoms with Gasteiger partial charge in [-0.05, 0) is 19.1 Å². The highest BCUT2D eigenvalue weighted by atomic mass is 32.2. The summed E-state index contributed by atoms with van der Waals surface area (Å²) in [6.45, 7) is 6.26. The SMILES string of the molecule is CC(C)NC(C)(CO)CSc1nnc2ccccn12. The van der Waals surface area contributed by atoms with Gasteiger partial charge in [0, 0.05) is 23.5 Å². The zero-order chi connectivity index (χ0) is 13.9. The lowest BCUT2D eigenvalue weighted by Gasteiger charge is -2.30. The van der Waals surface area contributed by atoms with E-state index in [1.165, 1.54) is 0 Å². The van der Waals surface area contributed by atoms with Gasteiger partial charge in [-0.3, -0.25) is 4.40 Å². The fourth-order valence-electron chi connectivity index (χ4n) is 1.97. The number of fused-ring (bicyclic) bond motifs is 1. The van der Waals surface area contributed by atoms with E-state index >= 15 is 0 Å². The average molecular weight is 280 g/mol. The van der Waals surface area contributed by atoms with Crippen molar-refractivity contribution in [2.24, 2.45) is 0 Å². The van der Waals surface area contributed by atoms with Crippen molar-refractivity contribution in [1.29, 1.82) is 0 Å². The van der Waals surface area contributed by atoms with E-state index in [2.05, 4.69) is 29.4 Å². The van der Waals surface area contributed by atoms with Crippen molar-refractivity contribution < 1.29 is 5.11 Å². The van der Waals surface area contributed by atoms with Gasteiger partial charge in [0.15, 0.2) is 10.8 Å². The quantitative estimate of drug-likeness (QED) is 0.787. The molecule has 0 bridgehead atoms. The molecule has 1 atom stereocenters. The summed E-state index contributed by atoms with van der Waals surface area (Å²) in [5.74, 6) is 0.733. The van der Waals surface area contributed by atoms with Crippen LogP contribution in [-0.4, -0.2) is 43.6 Å². The maximum Gasteiger partial charge on any atom is 0.195 e. The molecule has 19 heavy (non-hydrogen) atoms. The van der Waals surface area contributed by atoms with Gasteiger partial charge in [0.1, 0.15) is 0 Å². The molecule has 2 rings (SSSR count). The molecule has 2 aromatic rings. The van der Waals surface area contributed by atoms with E-state index in [0.717, 1.165) is 16.6 Å². The molecule has 0 radical (unpaired) electrons. The van der Waals surface area contributed by atoms with Crippen LogP contribution in [0.1, 0.15) is 20.8 Å². The number of thioether (sulfide) groups is 1. The molecule has 2 N–H and O–H groups in total. The Morgan fingerprint density at radius 3 is 2.89 bits per heavy atom. The van der Waals surface area contributed by atoms with Crippen molar-refractivity contribution in [2.75, 3.05) is 12.4 Å². The molecule has 2 heterocycles. The smallest absolute Gasteiger partial charge is 0.195 e. The van der Waals surface area contributed by atoms with Gasteiger partial charge in [0.2, 0.25) is 0 Å². The molecule has 0 fully saturated rings. The fourth-order valence-corrected chi connectivity index (χ4v) is 2.99. The summed E-state index contributed by atoms with van der Waals surface area (Å²) < 4.78 is 1.96. The minimum absolute atomic E-state index is 0.0922. The third-order valence-corrected chi connectivity index (χ3v) is 4.11. The molecule has 0 amide bonds. The topological polar surface area (TPSA) is 62.5 Å². The number of aromatic nitrogens is 3.